The van der Waals surface area contributed by atoms with Crippen molar-refractivity contribution in [3.8, 4) is 5.75 Å². The molecule has 17 nitrogen and oxygen atoms in total. The fourth-order valence-electron chi connectivity index (χ4n) is 6.48. The maximum absolute atomic E-state index is 14.1. The van der Waals surface area contributed by atoms with Crippen LogP contribution in [-0.4, -0.2) is 123 Å². The molecule has 0 spiro atoms. The second-order valence-electron chi connectivity index (χ2n) is 13.8. The third-order valence-corrected chi connectivity index (χ3v) is 11.9. The summed E-state index contributed by atoms with van der Waals surface area (Å²) >= 11 is 13.1. The Morgan fingerprint density at radius 1 is 0.919 bits per heavy atom. The topological polar surface area (TPSA) is 247 Å². The van der Waals surface area contributed by atoms with Crippen molar-refractivity contribution < 1.29 is 61.9 Å². The number of aromatic nitrogens is 1. The van der Waals surface area contributed by atoms with Gasteiger partial charge in [0.1, 0.15) is 28.8 Å². The highest BCUT2D eigenvalue weighted by Gasteiger charge is 2.43. The zero-order valence-electron chi connectivity index (χ0n) is 33.1. The fourth-order valence-corrected chi connectivity index (χ4v) is 9.00. The van der Waals surface area contributed by atoms with E-state index in [0.717, 1.165) is 15.9 Å². The summed E-state index contributed by atoms with van der Waals surface area (Å²) in [6.45, 7) is 2.13. The summed E-state index contributed by atoms with van der Waals surface area (Å²) in [6, 6.07) is 13.5. The highest BCUT2D eigenvalue weighted by molar-refractivity contribution is 7.89. The molecule has 2 aliphatic rings. The first kappa shape index (κ1) is 50.0. The lowest BCUT2D eigenvalue weighted by Crippen LogP contribution is -2.55. The maximum Gasteiger partial charge on any atom is 0.417 e. The Morgan fingerprint density at radius 2 is 1.50 bits per heavy atom. The number of amides is 2. The van der Waals surface area contributed by atoms with E-state index in [0.29, 0.717) is 30.9 Å². The number of hydrogen-bond donors (Lipinski definition) is 3. The van der Waals surface area contributed by atoms with Crippen molar-refractivity contribution in [1.29, 1.82) is 0 Å². The van der Waals surface area contributed by atoms with Crippen LogP contribution in [0.2, 0.25) is 10.0 Å². The minimum Gasteiger partial charge on any atom is -0.487 e. The first-order valence-corrected chi connectivity index (χ1v) is 23.9. The van der Waals surface area contributed by atoms with E-state index in [2.05, 4.69) is 10.1 Å². The summed E-state index contributed by atoms with van der Waals surface area (Å²) in [4.78, 5) is 34.0. The largest absolute Gasteiger partial charge is 0.487 e. The van der Waals surface area contributed by atoms with E-state index in [4.69, 9.17) is 42.9 Å². The lowest BCUT2D eigenvalue weighted by molar-refractivity contribution is -0.137. The quantitative estimate of drug-likeness (QED) is 0.0923. The molecule has 0 saturated carbocycles. The smallest absolute Gasteiger partial charge is 0.417 e. The van der Waals surface area contributed by atoms with Gasteiger partial charge in [-0.25, -0.2) is 13.4 Å². The highest BCUT2D eigenvalue weighted by atomic mass is 35.5. The molecule has 338 valence electrons. The van der Waals surface area contributed by atoms with Gasteiger partial charge in [-0.05, 0) is 61.7 Å². The second-order valence-corrected chi connectivity index (χ2v) is 19.4. The van der Waals surface area contributed by atoms with Crippen LogP contribution in [0.1, 0.15) is 45.6 Å². The van der Waals surface area contributed by atoms with Crippen molar-refractivity contribution in [2.75, 3.05) is 45.2 Å². The Morgan fingerprint density at radius 3 is 2.06 bits per heavy atom. The standard InChI is InChI=1S/C35H33Cl2F3N6O5S.2CH4O3S/c1-21-18-26(35(38,39)40)24-4-2-6-29(32(24)43-21)51-20-25-27(36)11-12-30(31(25)37)52(49,50)46-13-3-5-28(46)34(48)45-16-14-44(15-17-45)33(47)23-9-7-22(8-10-23)19-42-41;2*1-5(2,3)4/h2,4,6-12,18-19,28H,3,5,13-17,20,41H2,1H3;2*1H3,(H,2,3,4)/t28-;;/m0../s1. The van der Waals surface area contributed by atoms with Gasteiger partial charge in [-0.1, -0.05) is 47.5 Å². The molecule has 3 aromatic carbocycles. The Kier molecular flexibility index (Phi) is 16.3. The molecule has 62 heavy (non-hydrogen) atoms. The minimum absolute atomic E-state index is 0.0227. The van der Waals surface area contributed by atoms with Gasteiger partial charge in [0.2, 0.25) is 15.9 Å². The van der Waals surface area contributed by atoms with Gasteiger partial charge in [0, 0.05) is 60.0 Å². The van der Waals surface area contributed by atoms with Crippen molar-refractivity contribution in [3.63, 3.8) is 0 Å². The molecule has 0 unspecified atom stereocenters. The first-order chi connectivity index (χ1) is 28.7. The number of ether oxygens (including phenoxy) is 1. The highest BCUT2D eigenvalue weighted by Crippen LogP contribution is 2.39. The molecule has 4 aromatic rings. The molecule has 0 aliphatic carbocycles. The number of aryl methyl sites for hydroxylation is 1. The summed E-state index contributed by atoms with van der Waals surface area (Å²) in [5.74, 6) is 4.64. The third kappa shape index (κ3) is 13.4. The summed E-state index contributed by atoms with van der Waals surface area (Å²) < 4.78 is 128. The van der Waals surface area contributed by atoms with Crippen molar-refractivity contribution in [2.24, 2.45) is 10.9 Å². The number of sulfonamides is 1. The maximum atomic E-state index is 14.1. The molecule has 3 heterocycles. The lowest BCUT2D eigenvalue weighted by Gasteiger charge is -2.37. The number of alkyl halides is 3. The van der Waals surface area contributed by atoms with Crippen LogP contribution in [0.3, 0.4) is 0 Å². The number of rotatable bonds is 8. The van der Waals surface area contributed by atoms with Crippen LogP contribution in [-0.2, 0) is 47.8 Å². The molecular formula is C37H41Cl2F3N6O11S3. The number of pyridine rings is 1. The van der Waals surface area contributed by atoms with Gasteiger partial charge in [0.05, 0.1) is 29.3 Å². The molecule has 1 aromatic heterocycles. The number of hydrogen-bond acceptors (Lipinski definition) is 12. The molecule has 6 rings (SSSR count). The van der Waals surface area contributed by atoms with E-state index in [1.165, 1.54) is 43.5 Å². The van der Waals surface area contributed by atoms with Gasteiger partial charge < -0.3 is 20.4 Å². The summed E-state index contributed by atoms with van der Waals surface area (Å²) in [5, 5.41) is 3.15. The average Bonchev–Trinajstić information content (AvgIpc) is 3.67. The summed E-state index contributed by atoms with van der Waals surface area (Å²) in [6.07, 6.45) is -0.999. The van der Waals surface area contributed by atoms with Crippen LogP contribution < -0.4 is 10.6 Å². The molecule has 0 bridgehead atoms. The molecule has 4 N–H and O–H groups in total. The van der Waals surface area contributed by atoms with E-state index in [9.17, 15) is 48.0 Å². The number of fused-ring (bicyclic) bond motifs is 1. The molecule has 2 amide bonds. The third-order valence-electron chi connectivity index (χ3n) is 9.09. The van der Waals surface area contributed by atoms with Crippen LogP contribution in [0.4, 0.5) is 13.2 Å². The predicted molar refractivity (Wildman–Crippen MR) is 225 cm³/mol. The van der Waals surface area contributed by atoms with Gasteiger partial charge in [0.15, 0.2) is 0 Å². The van der Waals surface area contributed by atoms with Crippen molar-refractivity contribution >= 4 is 82.4 Å². The van der Waals surface area contributed by atoms with Crippen molar-refractivity contribution in [1.82, 2.24) is 19.1 Å². The van der Waals surface area contributed by atoms with E-state index >= 15 is 0 Å². The Hall–Kier alpha value is -4.62. The number of para-hydroxylation sites is 1. The second kappa shape index (κ2) is 20.3. The Bertz CT molecular complexity index is 2620. The summed E-state index contributed by atoms with van der Waals surface area (Å²) in [7, 11) is -11.7. The van der Waals surface area contributed by atoms with Crippen LogP contribution in [0.25, 0.3) is 10.9 Å². The van der Waals surface area contributed by atoms with E-state index < -0.39 is 48.0 Å². The first-order valence-electron chi connectivity index (χ1n) is 18.1. The molecule has 2 fully saturated rings. The lowest BCUT2D eigenvalue weighted by atomic mass is 10.1. The van der Waals surface area contributed by atoms with Gasteiger partial charge >= 0.3 is 6.18 Å². The number of halogens is 5. The van der Waals surface area contributed by atoms with Crippen LogP contribution >= 0.6 is 23.2 Å². The SMILES string of the molecule is CS(=O)(=O)O.CS(=O)(=O)O.Cc1cc(C(F)(F)F)c2cccc(OCc3c(Cl)ccc(S(=O)(=O)N4CCC[C@H]4C(=O)N4CCN(C(=O)c5ccc(C=NN)cc5)CC4)c3Cl)c2n1. The number of carbonyl (C=O) groups is 2. The molecular weight excluding hydrogens is 929 g/mol. The van der Waals surface area contributed by atoms with Crippen LogP contribution in [0.5, 0.6) is 5.75 Å². The zero-order chi connectivity index (χ0) is 46.4. The predicted octanol–water partition coefficient (Wildman–Crippen LogP) is 4.89. The molecule has 25 heteroatoms. The van der Waals surface area contributed by atoms with Crippen molar-refractivity contribution in [2.45, 2.75) is 43.5 Å². The normalized spacial score (nSPS) is 16.4. The van der Waals surface area contributed by atoms with E-state index in [1.54, 1.807) is 34.1 Å². The minimum atomic E-state index is -4.63. The zero-order valence-corrected chi connectivity index (χ0v) is 37.0. The van der Waals surface area contributed by atoms with Gasteiger partial charge in [-0.15, -0.1) is 0 Å². The Labute approximate surface area is 365 Å². The van der Waals surface area contributed by atoms with Crippen LogP contribution in [0, 0.1) is 6.92 Å². The number of nitrogens with zero attached hydrogens (tertiary/aromatic N) is 5. The van der Waals surface area contributed by atoms with Gasteiger partial charge in [0.25, 0.3) is 26.1 Å². The Balaban J connectivity index is 0.000000759. The number of hydrazone groups is 1. The van der Waals surface area contributed by atoms with E-state index in [-0.39, 0.29) is 94.0 Å². The fraction of sp³-hybridized carbons (Fsp3) is 0.351. The van der Waals surface area contributed by atoms with Gasteiger partial charge in [-0.3, -0.25) is 18.7 Å². The monoisotopic (exact) mass is 968 g/mol. The number of piperazine rings is 1. The van der Waals surface area contributed by atoms with Crippen molar-refractivity contribution in [3.05, 3.63) is 98.7 Å². The van der Waals surface area contributed by atoms with Gasteiger partial charge in [-0.2, -0.15) is 39.4 Å². The molecule has 0 radical (unpaired) electrons. The number of nitrogens with two attached hydrogens (primary N) is 1. The average molecular weight is 970 g/mol. The van der Waals surface area contributed by atoms with E-state index in [1.807, 2.05) is 0 Å². The molecule has 2 saturated heterocycles. The molecule has 2 aliphatic heterocycles. The summed E-state index contributed by atoms with van der Waals surface area (Å²) in [5.41, 5.74) is 0.554. The number of carbonyl (C=O) groups excluding carboxylic acids is 2. The molecule has 1 atom stereocenters. The van der Waals surface area contributed by atoms with Crippen LogP contribution in [0.15, 0.2) is 70.7 Å². The number of benzene rings is 3.